The molecule has 5 atom stereocenters. The molecule has 0 bridgehead atoms. The van der Waals surface area contributed by atoms with Gasteiger partial charge in [0.25, 0.3) is 5.91 Å². The van der Waals surface area contributed by atoms with Crippen LogP contribution in [0.5, 0.6) is 0 Å². The first-order valence-corrected chi connectivity index (χ1v) is 11.6. The number of ether oxygens (including phenoxy) is 1. The molecule has 2 aliphatic rings. The van der Waals surface area contributed by atoms with E-state index in [1.165, 1.54) is 28.9 Å². The fourth-order valence-corrected chi connectivity index (χ4v) is 4.99. The molecule has 8 nitrogen and oxygen atoms in total. The van der Waals surface area contributed by atoms with Crippen LogP contribution in [0.15, 0.2) is 24.3 Å². The summed E-state index contributed by atoms with van der Waals surface area (Å²) in [7, 11) is 0. The van der Waals surface area contributed by atoms with Crippen molar-refractivity contribution in [3.05, 3.63) is 35.6 Å². The molecule has 2 saturated heterocycles. The van der Waals surface area contributed by atoms with Crippen molar-refractivity contribution in [3.8, 4) is 0 Å². The van der Waals surface area contributed by atoms with E-state index >= 15 is 0 Å². The predicted octanol–water partition coefficient (Wildman–Crippen LogP) is 2.58. The van der Waals surface area contributed by atoms with E-state index in [9.17, 15) is 23.9 Å². The number of nitrogens with zero attached hydrogens (tertiary/aromatic N) is 2. The summed E-state index contributed by atoms with van der Waals surface area (Å²) in [5.41, 5.74) is -0.369. The number of amides is 3. The van der Waals surface area contributed by atoms with Crippen LogP contribution in [0, 0.1) is 5.82 Å². The summed E-state index contributed by atoms with van der Waals surface area (Å²) in [4.78, 5) is 42.2. The van der Waals surface area contributed by atoms with Crippen molar-refractivity contribution in [2.45, 2.75) is 89.7 Å². The van der Waals surface area contributed by atoms with Crippen LogP contribution in [-0.4, -0.2) is 69.2 Å². The van der Waals surface area contributed by atoms with Crippen LogP contribution >= 0.6 is 0 Å². The number of hydrogen-bond donors (Lipinski definition) is 2. The fourth-order valence-electron chi connectivity index (χ4n) is 4.99. The number of unbranched alkanes of at least 4 members (excludes halogenated alkanes) is 1. The molecule has 182 valence electrons. The molecule has 1 spiro atoms. The lowest BCUT2D eigenvalue weighted by Crippen LogP contribution is -2.82. The van der Waals surface area contributed by atoms with Gasteiger partial charge in [-0.15, -0.1) is 0 Å². The third kappa shape index (κ3) is 4.55. The Kier molecular flexibility index (Phi) is 7.62. The Labute approximate surface area is 194 Å². The average molecular weight is 464 g/mol. The van der Waals surface area contributed by atoms with Gasteiger partial charge in [0.1, 0.15) is 17.4 Å². The fraction of sp³-hybridized carbons (Fsp3) is 0.625. The van der Waals surface area contributed by atoms with Crippen LogP contribution in [0.4, 0.5) is 9.18 Å². The second-order valence-corrected chi connectivity index (χ2v) is 9.07. The van der Waals surface area contributed by atoms with Gasteiger partial charge in [-0.05, 0) is 57.7 Å². The quantitative estimate of drug-likeness (QED) is 0.456. The molecule has 2 N–H and O–H groups in total. The molecule has 9 heteroatoms. The van der Waals surface area contributed by atoms with Gasteiger partial charge < -0.3 is 20.1 Å². The van der Waals surface area contributed by atoms with Crippen molar-refractivity contribution in [2.24, 2.45) is 0 Å². The number of aliphatic hydroxyl groups excluding tert-OH is 1. The van der Waals surface area contributed by atoms with Gasteiger partial charge in [-0.3, -0.25) is 14.5 Å². The maximum Gasteiger partial charge on any atom is 0.410 e. The number of β-lactam (4-membered cyclic amide) rings is 1. The summed E-state index contributed by atoms with van der Waals surface area (Å²) in [5.74, 6) is -1.23. The number of nitrogens with one attached hydrogen (secondary N) is 1. The lowest BCUT2D eigenvalue weighted by molar-refractivity contribution is -0.183. The zero-order valence-electron chi connectivity index (χ0n) is 19.7. The Balaban J connectivity index is 1.74. The first-order valence-electron chi connectivity index (χ1n) is 11.6. The zero-order valence-corrected chi connectivity index (χ0v) is 19.7. The molecule has 2 fully saturated rings. The maximum absolute atomic E-state index is 13.5. The first kappa shape index (κ1) is 25.0. The van der Waals surface area contributed by atoms with E-state index in [0.29, 0.717) is 25.0 Å². The number of hydrogen-bond acceptors (Lipinski definition) is 5. The average Bonchev–Trinajstić information content (AvgIpc) is 3.15. The Morgan fingerprint density at radius 2 is 1.97 bits per heavy atom. The maximum atomic E-state index is 13.5. The largest absolute Gasteiger partial charge is 0.449 e. The molecule has 3 rings (SSSR count). The molecule has 0 aliphatic carbocycles. The summed E-state index contributed by atoms with van der Waals surface area (Å²) in [6.07, 6.45) is 1.14. The molecule has 2 aliphatic heterocycles. The van der Waals surface area contributed by atoms with Gasteiger partial charge in [0.05, 0.1) is 18.8 Å². The summed E-state index contributed by atoms with van der Waals surface area (Å²) >= 11 is 0. The minimum Gasteiger partial charge on any atom is -0.449 e. The van der Waals surface area contributed by atoms with Crippen molar-refractivity contribution in [1.82, 2.24) is 15.1 Å². The molecule has 0 radical (unpaired) electrons. The number of carbonyl (C=O) groups is 3. The Bertz CT molecular complexity index is 877. The molecule has 33 heavy (non-hydrogen) atoms. The molecule has 2 heterocycles. The van der Waals surface area contributed by atoms with Crippen LogP contribution in [0.2, 0.25) is 0 Å². The summed E-state index contributed by atoms with van der Waals surface area (Å²) in [6, 6.07) is 3.98. The highest BCUT2D eigenvalue weighted by molar-refractivity contribution is 6.01. The van der Waals surface area contributed by atoms with Crippen molar-refractivity contribution in [2.75, 3.05) is 6.61 Å². The highest BCUT2D eigenvalue weighted by Gasteiger charge is 2.69. The van der Waals surface area contributed by atoms with Crippen molar-refractivity contribution < 1.29 is 28.6 Å². The van der Waals surface area contributed by atoms with Crippen molar-refractivity contribution >= 4 is 17.9 Å². The van der Waals surface area contributed by atoms with Gasteiger partial charge >= 0.3 is 6.09 Å². The minimum atomic E-state index is -1.12. The predicted molar refractivity (Wildman–Crippen MR) is 120 cm³/mol. The van der Waals surface area contributed by atoms with Crippen molar-refractivity contribution in [1.29, 1.82) is 0 Å². The lowest BCUT2D eigenvalue weighted by Gasteiger charge is -2.59. The van der Waals surface area contributed by atoms with E-state index in [4.69, 9.17) is 4.74 Å². The van der Waals surface area contributed by atoms with E-state index in [0.717, 1.165) is 12.8 Å². The topological polar surface area (TPSA) is 99.2 Å². The van der Waals surface area contributed by atoms with E-state index in [1.807, 2.05) is 13.8 Å². The second kappa shape index (κ2) is 10.1. The molecule has 1 aromatic rings. The summed E-state index contributed by atoms with van der Waals surface area (Å²) in [6.45, 7) is 7.58. The summed E-state index contributed by atoms with van der Waals surface area (Å²) in [5, 5.41) is 13.1. The molecule has 3 unspecified atom stereocenters. The number of rotatable bonds is 8. The second-order valence-electron chi connectivity index (χ2n) is 9.07. The standard InChI is InChI=1S/C24H34FN3O5/c1-5-6-13-33-23(32)28-15(2)11-12-24(28)17(4)27(22(24)31)20(16(3)29)21(30)26-14-18-7-9-19(25)10-8-18/h7-10,15-17,20,29H,5-6,11-14H2,1-4H3,(H,26,30)/t15?,16-,17?,20+,24?/m1/s1. The number of halogens is 1. The molecule has 3 amide bonds. The van der Waals surface area contributed by atoms with E-state index in [-0.39, 0.29) is 24.3 Å². The van der Waals surface area contributed by atoms with Gasteiger partial charge in [-0.25, -0.2) is 9.18 Å². The van der Waals surface area contributed by atoms with Crippen LogP contribution in [0.3, 0.4) is 0 Å². The van der Waals surface area contributed by atoms with Gasteiger partial charge in [-0.1, -0.05) is 25.5 Å². The third-order valence-electron chi connectivity index (χ3n) is 6.85. The molecular formula is C24H34FN3O5. The Morgan fingerprint density at radius 3 is 2.55 bits per heavy atom. The molecule has 0 saturated carbocycles. The number of aliphatic hydroxyl groups is 1. The number of likely N-dealkylation sites (tertiary alicyclic amines) is 2. The number of carbonyl (C=O) groups excluding carboxylic acids is 3. The van der Waals surface area contributed by atoms with Gasteiger partial charge in [0.2, 0.25) is 5.91 Å². The normalized spacial score (nSPS) is 26.2. The highest BCUT2D eigenvalue weighted by atomic mass is 19.1. The van der Waals surface area contributed by atoms with E-state index in [1.54, 1.807) is 19.1 Å². The SMILES string of the molecule is CCCCOC(=O)N1C(C)CCC12C(=O)N([C@H](C(=O)NCc1ccc(F)cc1)[C@@H](C)O)C2C. The van der Waals surface area contributed by atoms with Crippen molar-refractivity contribution in [3.63, 3.8) is 0 Å². The first-order chi connectivity index (χ1) is 15.6. The van der Waals surface area contributed by atoms with Crippen LogP contribution in [0.1, 0.15) is 58.9 Å². The molecular weight excluding hydrogens is 429 g/mol. The molecule has 1 aromatic carbocycles. The zero-order chi connectivity index (χ0) is 24.3. The number of benzene rings is 1. The van der Waals surface area contributed by atoms with Gasteiger partial charge in [-0.2, -0.15) is 0 Å². The van der Waals surface area contributed by atoms with Gasteiger partial charge in [0.15, 0.2) is 0 Å². The van der Waals surface area contributed by atoms with Crippen LogP contribution < -0.4 is 5.32 Å². The Hall–Kier alpha value is -2.68. The van der Waals surface area contributed by atoms with Gasteiger partial charge in [0, 0.05) is 12.6 Å². The van der Waals surface area contributed by atoms with E-state index < -0.39 is 35.7 Å². The molecule has 0 aromatic heterocycles. The monoisotopic (exact) mass is 463 g/mol. The highest BCUT2D eigenvalue weighted by Crippen LogP contribution is 2.48. The van der Waals surface area contributed by atoms with Crippen LogP contribution in [0.25, 0.3) is 0 Å². The minimum absolute atomic E-state index is 0.136. The lowest BCUT2D eigenvalue weighted by atomic mass is 9.75. The van der Waals surface area contributed by atoms with Crippen LogP contribution in [-0.2, 0) is 20.9 Å². The van der Waals surface area contributed by atoms with E-state index in [2.05, 4.69) is 5.32 Å². The third-order valence-corrected chi connectivity index (χ3v) is 6.85. The summed E-state index contributed by atoms with van der Waals surface area (Å²) < 4.78 is 18.5. The Morgan fingerprint density at radius 1 is 1.30 bits per heavy atom. The smallest absolute Gasteiger partial charge is 0.410 e.